The van der Waals surface area contributed by atoms with Crippen molar-refractivity contribution in [3.05, 3.63) is 63.5 Å². The Labute approximate surface area is 113 Å². The Morgan fingerprint density at radius 3 is 2.65 bits per heavy atom. The zero-order chi connectivity index (χ0) is 14.7. The fourth-order valence-electron chi connectivity index (χ4n) is 1.71. The highest BCUT2D eigenvalue weighted by Crippen LogP contribution is 2.35. The van der Waals surface area contributed by atoms with Crippen molar-refractivity contribution in [1.82, 2.24) is 0 Å². The SMILES string of the molecule is Cc1cc(C=O)ccc1Oc1c(F)cccc1[N+](=O)[O-]. The van der Waals surface area contributed by atoms with Crippen LogP contribution in [0.15, 0.2) is 36.4 Å². The summed E-state index contributed by atoms with van der Waals surface area (Å²) in [6.45, 7) is 1.66. The average molecular weight is 275 g/mol. The highest BCUT2D eigenvalue weighted by Gasteiger charge is 2.20. The van der Waals surface area contributed by atoms with Gasteiger partial charge in [0.05, 0.1) is 4.92 Å². The number of para-hydroxylation sites is 1. The fraction of sp³-hybridized carbons (Fsp3) is 0.0714. The molecule has 0 aliphatic rings. The van der Waals surface area contributed by atoms with Gasteiger partial charge in [0.15, 0.2) is 5.82 Å². The van der Waals surface area contributed by atoms with Crippen molar-refractivity contribution in [2.45, 2.75) is 6.92 Å². The second-order valence-electron chi connectivity index (χ2n) is 4.09. The number of aryl methyl sites for hydroxylation is 1. The minimum atomic E-state index is -0.821. The zero-order valence-electron chi connectivity index (χ0n) is 10.5. The van der Waals surface area contributed by atoms with Crippen LogP contribution in [0.5, 0.6) is 11.5 Å². The number of benzene rings is 2. The summed E-state index contributed by atoms with van der Waals surface area (Å²) in [5, 5.41) is 10.9. The lowest BCUT2D eigenvalue weighted by Gasteiger charge is -2.10. The van der Waals surface area contributed by atoms with Crippen molar-refractivity contribution in [1.29, 1.82) is 0 Å². The van der Waals surface area contributed by atoms with Gasteiger partial charge in [0.2, 0.25) is 5.75 Å². The first-order valence-electron chi connectivity index (χ1n) is 5.69. The first-order valence-corrected chi connectivity index (χ1v) is 5.69. The van der Waals surface area contributed by atoms with Gasteiger partial charge in [-0.3, -0.25) is 14.9 Å². The van der Waals surface area contributed by atoms with E-state index in [4.69, 9.17) is 4.74 Å². The van der Waals surface area contributed by atoms with Crippen LogP contribution in [0.25, 0.3) is 0 Å². The third kappa shape index (κ3) is 2.64. The Morgan fingerprint density at radius 2 is 2.05 bits per heavy atom. The summed E-state index contributed by atoms with van der Waals surface area (Å²) < 4.78 is 19.0. The molecule has 0 N–H and O–H groups in total. The van der Waals surface area contributed by atoms with Gasteiger partial charge in [-0.05, 0) is 36.8 Å². The minimum absolute atomic E-state index is 0.254. The Kier molecular flexibility index (Phi) is 3.74. The highest BCUT2D eigenvalue weighted by molar-refractivity contribution is 5.75. The van der Waals surface area contributed by atoms with Crippen molar-refractivity contribution >= 4 is 12.0 Å². The van der Waals surface area contributed by atoms with E-state index in [1.807, 2.05) is 0 Å². The van der Waals surface area contributed by atoms with E-state index in [-0.39, 0.29) is 5.75 Å². The summed E-state index contributed by atoms with van der Waals surface area (Å²) in [6.07, 6.45) is 0.669. The lowest BCUT2D eigenvalue weighted by atomic mass is 10.1. The number of carbonyl (C=O) groups excluding carboxylic acids is 1. The summed E-state index contributed by atoms with van der Waals surface area (Å²) in [5.41, 5.74) is 0.564. The summed E-state index contributed by atoms with van der Waals surface area (Å²) in [7, 11) is 0. The molecule has 20 heavy (non-hydrogen) atoms. The molecule has 5 nitrogen and oxygen atoms in total. The van der Waals surface area contributed by atoms with E-state index in [1.165, 1.54) is 18.2 Å². The molecule has 2 rings (SSSR count). The van der Waals surface area contributed by atoms with Gasteiger partial charge in [-0.15, -0.1) is 0 Å². The molecule has 0 saturated carbocycles. The van der Waals surface area contributed by atoms with E-state index in [0.29, 0.717) is 17.4 Å². The smallest absolute Gasteiger partial charge is 0.314 e. The predicted molar refractivity (Wildman–Crippen MR) is 69.7 cm³/mol. The number of nitro groups is 1. The first-order chi connectivity index (χ1) is 9.52. The molecule has 0 heterocycles. The molecular weight excluding hydrogens is 265 g/mol. The first kappa shape index (κ1) is 13.7. The molecule has 0 saturated heterocycles. The van der Waals surface area contributed by atoms with Crippen molar-refractivity contribution in [2.75, 3.05) is 0 Å². The molecule has 0 aliphatic carbocycles. The number of halogens is 1. The second kappa shape index (κ2) is 5.48. The Bertz CT molecular complexity index is 685. The highest BCUT2D eigenvalue weighted by atomic mass is 19.1. The lowest BCUT2D eigenvalue weighted by Crippen LogP contribution is -1.97. The van der Waals surface area contributed by atoms with Crippen LogP contribution < -0.4 is 4.74 Å². The van der Waals surface area contributed by atoms with Crippen molar-refractivity contribution < 1.29 is 18.8 Å². The van der Waals surface area contributed by atoms with E-state index in [9.17, 15) is 19.3 Å². The third-order valence-corrected chi connectivity index (χ3v) is 2.69. The molecule has 2 aromatic rings. The molecule has 0 unspecified atom stereocenters. The molecule has 0 aromatic heterocycles. The maximum Gasteiger partial charge on any atom is 0.314 e. The van der Waals surface area contributed by atoms with Crippen LogP contribution in [-0.2, 0) is 0 Å². The quantitative estimate of drug-likeness (QED) is 0.485. The van der Waals surface area contributed by atoms with Crippen LogP contribution in [0, 0.1) is 22.9 Å². The molecule has 0 bridgehead atoms. The predicted octanol–water partition coefficient (Wildman–Crippen LogP) is 3.65. The number of ether oxygens (including phenoxy) is 1. The number of aldehydes is 1. The van der Waals surface area contributed by atoms with Gasteiger partial charge in [-0.1, -0.05) is 6.07 Å². The Morgan fingerprint density at radius 1 is 1.30 bits per heavy atom. The number of carbonyl (C=O) groups is 1. The molecule has 102 valence electrons. The molecule has 0 radical (unpaired) electrons. The number of hydrogen-bond acceptors (Lipinski definition) is 4. The standard InChI is InChI=1S/C14H10FNO4/c1-9-7-10(8-17)5-6-13(9)20-14-11(15)3-2-4-12(14)16(18)19/h2-8H,1H3. The van der Waals surface area contributed by atoms with Crippen LogP contribution >= 0.6 is 0 Å². The Balaban J connectivity index is 2.44. The second-order valence-corrected chi connectivity index (χ2v) is 4.09. The molecule has 0 fully saturated rings. The summed E-state index contributed by atoms with van der Waals surface area (Å²) >= 11 is 0. The van der Waals surface area contributed by atoms with Crippen LogP contribution in [0.2, 0.25) is 0 Å². The molecule has 0 spiro atoms. The molecule has 0 aliphatic heterocycles. The topological polar surface area (TPSA) is 69.4 Å². The zero-order valence-corrected chi connectivity index (χ0v) is 10.5. The summed E-state index contributed by atoms with van der Waals surface area (Å²) in [6, 6.07) is 7.99. The van der Waals surface area contributed by atoms with Gasteiger partial charge in [-0.25, -0.2) is 4.39 Å². The Hall–Kier alpha value is -2.76. The summed E-state index contributed by atoms with van der Waals surface area (Å²) in [4.78, 5) is 20.8. The average Bonchev–Trinajstić information content (AvgIpc) is 2.42. The fourth-order valence-corrected chi connectivity index (χ4v) is 1.71. The van der Waals surface area contributed by atoms with Gasteiger partial charge in [0.1, 0.15) is 12.0 Å². The van der Waals surface area contributed by atoms with Crippen LogP contribution in [0.1, 0.15) is 15.9 Å². The van der Waals surface area contributed by atoms with E-state index in [1.54, 1.807) is 13.0 Å². The van der Waals surface area contributed by atoms with E-state index >= 15 is 0 Å². The van der Waals surface area contributed by atoms with Gasteiger partial charge in [-0.2, -0.15) is 0 Å². The van der Waals surface area contributed by atoms with Gasteiger partial charge < -0.3 is 4.74 Å². The molecule has 0 atom stereocenters. The number of nitrogens with zero attached hydrogens (tertiary/aromatic N) is 1. The van der Waals surface area contributed by atoms with E-state index < -0.39 is 22.2 Å². The normalized spacial score (nSPS) is 10.1. The minimum Gasteiger partial charge on any atom is -0.447 e. The maximum absolute atomic E-state index is 13.7. The van der Waals surface area contributed by atoms with Gasteiger partial charge in [0, 0.05) is 11.6 Å². The molecule has 0 amide bonds. The third-order valence-electron chi connectivity index (χ3n) is 2.69. The van der Waals surface area contributed by atoms with Crippen LogP contribution in [0.3, 0.4) is 0 Å². The number of nitro benzene ring substituents is 1. The van der Waals surface area contributed by atoms with Crippen LogP contribution in [0.4, 0.5) is 10.1 Å². The molecule has 2 aromatic carbocycles. The van der Waals surface area contributed by atoms with Crippen LogP contribution in [-0.4, -0.2) is 11.2 Å². The van der Waals surface area contributed by atoms with E-state index in [0.717, 1.165) is 12.1 Å². The maximum atomic E-state index is 13.7. The number of rotatable bonds is 4. The lowest BCUT2D eigenvalue weighted by molar-refractivity contribution is -0.385. The van der Waals surface area contributed by atoms with Gasteiger partial charge in [0.25, 0.3) is 0 Å². The van der Waals surface area contributed by atoms with Crippen molar-refractivity contribution in [3.63, 3.8) is 0 Å². The van der Waals surface area contributed by atoms with Crippen molar-refractivity contribution in [2.24, 2.45) is 0 Å². The van der Waals surface area contributed by atoms with E-state index in [2.05, 4.69) is 0 Å². The molecular formula is C14H10FNO4. The van der Waals surface area contributed by atoms with Crippen molar-refractivity contribution in [3.8, 4) is 11.5 Å². The summed E-state index contributed by atoms with van der Waals surface area (Å²) in [5.74, 6) is -1.01. The van der Waals surface area contributed by atoms with Gasteiger partial charge >= 0.3 is 5.69 Å². The number of hydrogen-bond donors (Lipinski definition) is 0. The largest absolute Gasteiger partial charge is 0.447 e. The molecule has 6 heteroatoms. The monoisotopic (exact) mass is 275 g/mol.